The average molecular weight is 451 g/mol. The van der Waals surface area contributed by atoms with Crippen molar-refractivity contribution in [2.24, 2.45) is 0 Å². The molecule has 7 heteroatoms. The predicted molar refractivity (Wildman–Crippen MR) is 128 cm³/mol. The van der Waals surface area contributed by atoms with Gasteiger partial charge in [-0.2, -0.15) is 16.2 Å². The summed E-state index contributed by atoms with van der Waals surface area (Å²) in [7, 11) is 0. The smallest absolute Gasteiger partial charge is 0.213 e. The number of nitrogens with two attached hydrogens (primary N) is 1. The molecule has 0 spiro atoms. The molecule has 4 heterocycles. The molecule has 1 atom stereocenters. The molecular formula is C25H27FN4OS. The van der Waals surface area contributed by atoms with Crippen LogP contribution >= 0.6 is 11.8 Å². The first-order chi connectivity index (χ1) is 15.7. The van der Waals surface area contributed by atoms with Crippen LogP contribution in [0.2, 0.25) is 0 Å². The van der Waals surface area contributed by atoms with E-state index in [9.17, 15) is 4.39 Å². The summed E-state index contributed by atoms with van der Waals surface area (Å²) in [4.78, 5) is 8.06. The van der Waals surface area contributed by atoms with E-state index in [1.54, 1.807) is 12.3 Å². The standard InChI is InChI=1S/C25H27FN4OS/c26-24-13-18(3-6-29-24)21-12-19(14-30-25(21)27)17-1-2-20(16-4-8-31-9-5-16)22(11-17)23-15-32-10-7-28-23/h1-3,6,11-14,16,23,28H,4-5,7-10,15H2,(H2,27,30)/t23-/m0/s1. The maximum absolute atomic E-state index is 13.7. The summed E-state index contributed by atoms with van der Waals surface area (Å²) >= 11 is 2.00. The van der Waals surface area contributed by atoms with Gasteiger partial charge in [0.05, 0.1) is 0 Å². The van der Waals surface area contributed by atoms with E-state index in [1.165, 1.54) is 23.4 Å². The Kier molecular flexibility index (Phi) is 6.39. The first kappa shape index (κ1) is 21.4. The Hall–Kier alpha value is -2.48. The third-order valence-corrected chi connectivity index (χ3v) is 7.40. The van der Waals surface area contributed by atoms with Gasteiger partial charge in [-0.05, 0) is 59.2 Å². The largest absolute Gasteiger partial charge is 0.383 e. The number of halogens is 1. The minimum absolute atomic E-state index is 0.335. The van der Waals surface area contributed by atoms with Gasteiger partial charge in [0, 0.05) is 66.9 Å². The Bertz CT molecular complexity index is 1100. The molecule has 5 nitrogen and oxygen atoms in total. The molecule has 2 aromatic heterocycles. The van der Waals surface area contributed by atoms with Crippen molar-refractivity contribution in [1.29, 1.82) is 0 Å². The number of nitrogens with zero attached hydrogens (tertiary/aromatic N) is 2. The maximum atomic E-state index is 13.7. The number of thioether (sulfide) groups is 1. The predicted octanol–water partition coefficient (Wildman–Crippen LogP) is 4.80. The van der Waals surface area contributed by atoms with Crippen molar-refractivity contribution in [2.75, 3.05) is 37.0 Å². The first-order valence-electron chi connectivity index (χ1n) is 11.1. The summed E-state index contributed by atoms with van der Waals surface area (Å²) < 4.78 is 19.3. The van der Waals surface area contributed by atoms with E-state index >= 15 is 0 Å². The van der Waals surface area contributed by atoms with Gasteiger partial charge in [-0.3, -0.25) is 0 Å². The zero-order valence-electron chi connectivity index (χ0n) is 17.9. The SMILES string of the molecule is Nc1ncc(-c2ccc(C3CCOCC3)c([C@@H]3CSCCN3)c2)cc1-c1ccnc(F)c1. The number of aromatic nitrogens is 2. The molecule has 3 aromatic rings. The quantitative estimate of drug-likeness (QED) is 0.556. The van der Waals surface area contributed by atoms with Crippen LogP contribution in [0.1, 0.15) is 35.9 Å². The summed E-state index contributed by atoms with van der Waals surface area (Å²) in [5, 5.41) is 3.71. The Morgan fingerprint density at radius 2 is 1.88 bits per heavy atom. The molecule has 2 fully saturated rings. The summed E-state index contributed by atoms with van der Waals surface area (Å²) in [5.41, 5.74) is 12.4. The van der Waals surface area contributed by atoms with Crippen LogP contribution in [0.4, 0.5) is 10.2 Å². The zero-order chi connectivity index (χ0) is 21.9. The molecule has 32 heavy (non-hydrogen) atoms. The summed E-state index contributed by atoms with van der Waals surface area (Å²) in [6.07, 6.45) is 5.37. The monoisotopic (exact) mass is 450 g/mol. The number of rotatable bonds is 4. The van der Waals surface area contributed by atoms with Crippen molar-refractivity contribution in [1.82, 2.24) is 15.3 Å². The molecule has 1 aromatic carbocycles. The fourth-order valence-electron chi connectivity index (χ4n) is 4.64. The molecule has 0 aliphatic carbocycles. The molecular weight excluding hydrogens is 423 g/mol. The summed E-state index contributed by atoms with van der Waals surface area (Å²) in [6, 6.07) is 12.2. The molecule has 0 bridgehead atoms. The van der Waals surface area contributed by atoms with Gasteiger partial charge in [-0.15, -0.1) is 0 Å². The van der Waals surface area contributed by atoms with Crippen LogP contribution in [0, 0.1) is 5.95 Å². The molecule has 0 amide bonds. The lowest BCUT2D eigenvalue weighted by molar-refractivity contribution is 0.0851. The second-order valence-corrected chi connectivity index (χ2v) is 9.49. The molecule has 0 unspecified atom stereocenters. The van der Waals surface area contributed by atoms with Gasteiger partial charge >= 0.3 is 0 Å². The number of benzene rings is 1. The Balaban J connectivity index is 1.55. The third kappa shape index (κ3) is 4.51. The van der Waals surface area contributed by atoms with Gasteiger partial charge in [0.25, 0.3) is 0 Å². The average Bonchev–Trinajstić information content (AvgIpc) is 2.85. The van der Waals surface area contributed by atoms with Crippen molar-refractivity contribution in [3.63, 3.8) is 0 Å². The van der Waals surface area contributed by atoms with Crippen molar-refractivity contribution in [2.45, 2.75) is 24.8 Å². The number of pyridine rings is 2. The van der Waals surface area contributed by atoms with E-state index in [1.807, 2.05) is 17.8 Å². The summed E-state index contributed by atoms with van der Waals surface area (Å²) in [6.45, 7) is 2.67. The highest BCUT2D eigenvalue weighted by atomic mass is 32.2. The minimum Gasteiger partial charge on any atom is -0.383 e. The molecule has 0 radical (unpaired) electrons. The number of ether oxygens (including phenoxy) is 1. The zero-order valence-corrected chi connectivity index (χ0v) is 18.7. The Morgan fingerprint density at radius 3 is 2.66 bits per heavy atom. The van der Waals surface area contributed by atoms with Crippen LogP contribution in [-0.4, -0.2) is 41.2 Å². The van der Waals surface area contributed by atoms with Gasteiger partial charge < -0.3 is 15.8 Å². The second-order valence-electron chi connectivity index (χ2n) is 8.34. The van der Waals surface area contributed by atoms with Crippen LogP contribution in [0.25, 0.3) is 22.3 Å². The van der Waals surface area contributed by atoms with Gasteiger partial charge in [0.2, 0.25) is 5.95 Å². The van der Waals surface area contributed by atoms with E-state index in [0.717, 1.165) is 55.2 Å². The molecule has 5 rings (SSSR count). The Labute approximate surface area is 192 Å². The summed E-state index contributed by atoms with van der Waals surface area (Å²) in [5.74, 6) is 2.60. The van der Waals surface area contributed by atoms with E-state index in [0.29, 0.717) is 28.9 Å². The van der Waals surface area contributed by atoms with Crippen molar-refractivity contribution in [3.8, 4) is 22.3 Å². The number of nitrogen functional groups attached to an aromatic ring is 1. The third-order valence-electron chi connectivity index (χ3n) is 6.33. The molecule has 2 aliphatic rings. The highest BCUT2D eigenvalue weighted by Gasteiger charge is 2.25. The van der Waals surface area contributed by atoms with Crippen LogP contribution in [0.5, 0.6) is 0 Å². The van der Waals surface area contributed by atoms with Crippen molar-refractivity contribution in [3.05, 3.63) is 65.9 Å². The van der Waals surface area contributed by atoms with Gasteiger partial charge in [-0.25, -0.2) is 9.97 Å². The molecule has 3 N–H and O–H groups in total. The van der Waals surface area contributed by atoms with Crippen LogP contribution in [-0.2, 0) is 4.74 Å². The van der Waals surface area contributed by atoms with E-state index in [4.69, 9.17) is 10.5 Å². The normalized spacial score (nSPS) is 19.7. The van der Waals surface area contributed by atoms with Crippen LogP contribution in [0.15, 0.2) is 48.8 Å². The Morgan fingerprint density at radius 1 is 1.00 bits per heavy atom. The lowest BCUT2D eigenvalue weighted by Crippen LogP contribution is -2.31. The molecule has 166 valence electrons. The topological polar surface area (TPSA) is 73.1 Å². The lowest BCUT2D eigenvalue weighted by Gasteiger charge is -2.30. The fraction of sp³-hybridized carbons (Fsp3) is 0.360. The number of hydrogen-bond donors (Lipinski definition) is 2. The van der Waals surface area contributed by atoms with Crippen LogP contribution in [0.3, 0.4) is 0 Å². The van der Waals surface area contributed by atoms with Crippen molar-refractivity contribution < 1.29 is 9.13 Å². The molecule has 2 saturated heterocycles. The fourth-order valence-corrected chi connectivity index (χ4v) is 5.60. The second kappa shape index (κ2) is 9.57. The maximum Gasteiger partial charge on any atom is 0.213 e. The van der Waals surface area contributed by atoms with Gasteiger partial charge in [-0.1, -0.05) is 12.1 Å². The van der Waals surface area contributed by atoms with E-state index in [2.05, 4.69) is 33.5 Å². The van der Waals surface area contributed by atoms with Crippen LogP contribution < -0.4 is 11.1 Å². The molecule has 0 saturated carbocycles. The van der Waals surface area contributed by atoms with Gasteiger partial charge in [0.15, 0.2) is 0 Å². The van der Waals surface area contributed by atoms with Gasteiger partial charge in [0.1, 0.15) is 5.82 Å². The van der Waals surface area contributed by atoms with E-state index < -0.39 is 5.95 Å². The van der Waals surface area contributed by atoms with Crippen molar-refractivity contribution >= 4 is 17.6 Å². The lowest BCUT2D eigenvalue weighted by atomic mass is 9.84. The highest BCUT2D eigenvalue weighted by molar-refractivity contribution is 7.99. The van der Waals surface area contributed by atoms with E-state index in [-0.39, 0.29) is 0 Å². The number of nitrogens with one attached hydrogen (secondary N) is 1. The highest BCUT2D eigenvalue weighted by Crippen LogP contribution is 2.37. The minimum atomic E-state index is -0.531. The number of hydrogen-bond acceptors (Lipinski definition) is 6. The molecule has 2 aliphatic heterocycles. The first-order valence-corrected chi connectivity index (χ1v) is 12.2. The number of anilines is 1.